The van der Waals surface area contributed by atoms with E-state index in [-0.39, 0.29) is 5.91 Å². The first-order valence-electron chi connectivity index (χ1n) is 7.44. The van der Waals surface area contributed by atoms with Crippen molar-refractivity contribution in [1.29, 1.82) is 5.26 Å². The van der Waals surface area contributed by atoms with Crippen LogP contribution >= 0.6 is 11.6 Å². The van der Waals surface area contributed by atoms with E-state index in [0.29, 0.717) is 22.0 Å². The van der Waals surface area contributed by atoms with E-state index in [2.05, 4.69) is 15.6 Å². The van der Waals surface area contributed by atoms with Gasteiger partial charge in [-0.15, -0.1) is 0 Å². The first kappa shape index (κ1) is 16.5. The van der Waals surface area contributed by atoms with Crippen molar-refractivity contribution in [2.45, 2.75) is 0 Å². The molecule has 0 aliphatic rings. The minimum Gasteiger partial charge on any atom is -0.354 e. The minimum absolute atomic E-state index is 0.297. The smallest absolute Gasteiger partial charge is 0.274 e. The number of rotatable bonds is 4. The highest BCUT2D eigenvalue weighted by Crippen LogP contribution is 2.18. The third kappa shape index (κ3) is 4.34. The van der Waals surface area contributed by atoms with Crippen LogP contribution in [0.5, 0.6) is 0 Å². The Morgan fingerprint density at radius 2 is 1.56 bits per heavy atom. The van der Waals surface area contributed by atoms with Crippen molar-refractivity contribution in [2.24, 2.45) is 0 Å². The monoisotopic (exact) mass is 348 g/mol. The number of nitrogens with zero attached hydrogens (tertiary/aromatic N) is 2. The van der Waals surface area contributed by atoms with Crippen molar-refractivity contribution >= 4 is 34.6 Å². The predicted molar refractivity (Wildman–Crippen MR) is 98.1 cm³/mol. The summed E-state index contributed by atoms with van der Waals surface area (Å²) in [6.07, 6.45) is 1.59. The summed E-state index contributed by atoms with van der Waals surface area (Å²) in [4.78, 5) is 16.4. The van der Waals surface area contributed by atoms with Gasteiger partial charge in [0.15, 0.2) is 0 Å². The van der Waals surface area contributed by atoms with E-state index in [1.54, 1.807) is 54.7 Å². The number of halogens is 1. The highest BCUT2D eigenvalue weighted by Gasteiger charge is 2.08. The van der Waals surface area contributed by atoms with Gasteiger partial charge in [-0.1, -0.05) is 11.6 Å². The van der Waals surface area contributed by atoms with Crippen LogP contribution in [-0.2, 0) is 0 Å². The van der Waals surface area contributed by atoms with Gasteiger partial charge in [0, 0.05) is 16.4 Å². The lowest BCUT2D eigenvalue weighted by molar-refractivity contribution is 0.102. The standard InChI is InChI=1S/C19H13ClN4O/c20-14-3-7-15(8-4-14)23-17-9-10-18(22-12-17)19(25)24-16-5-1-13(11-21)2-6-16/h1-10,12,23H,(H,24,25). The van der Waals surface area contributed by atoms with Crippen molar-refractivity contribution in [3.8, 4) is 6.07 Å². The lowest BCUT2D eigenvalue weighted by atomic mass is 10.2. The Hall–Kier alpha value is -3.36. The number of hydrogen-bond donors (Lipinski definition) is 2. The molecule has 0 saturated carbocycles. The van der Waals surface area contributed by atoms with Gasteiger partial charge in [0.2, 0.25) is 0 Å². The zero-order chi connectivity index (χ0) is 17.6. The van der Waals surface area contributed by atoms with Crippen LogP contribution < -0.4 is 10.6 Å². The van der Waals surface area contributed by atoms with Crippen molar-refractivity contribution in [3.63, 3.8) is 0 Å². The van der Waals surface area contributed by atoms with E-state index in [1.807, 2.05) is 18.2 Å². The molecule has 1 amide bonds. The normalized spacial score (nSPS) is 9.92. The van der Waals surface area contributed by atoms with Gasteiger partial charge < -0.3 is 10.6 Å². The predicted octanol–water partition coefficient (Wildman–Crippen LogP) is 4.60. The van der Waals surface area contributed by atoms with Crippen LogP contribution in [0.3, 0.4) is 0 Å². The molecule has 3 rings (SSSR count). The number of carbonyl (C=O) groups excluding carboxylic acids is 1. The van der Waals surface area contributed by atoms with Crippen molar-refractivity contribution in [3.05, 3.63) is 83.1 Å². The van der Waals surface area contributed by atoms with E-state index in [1.165, 1.54) is 0 Å². The molecule has 1 heterocycles. The van der Waals surface area contributed by atoms with Gasteiger partial charge in [0.25, 0.3) is 5.91 Å². The number of carbonyl (C=O) groups is 1. The average molecular weight is 349 g/mol. The fourth-order valence-corrected chi connectivity index (χ4v) is 2.25. The Morgan fingerprint density at radius 3 is 2.16 bits per heavy atom. The van der Waals surface area contributed by atoms with Crippen LogP contribution in [-0.4, -0.2) is 10.9 Å². The van der Waals surface area contributed by atoms with Crippen LogP contribution in [0.1, 0.15) is 16.1 Å². The zero-order valence-corrected chi connectivity index (χ0v) is 13.8. The van der Waals surface area contributed by atoms with Crippen molar-refractivity contribution in [1.82, 2.24) is 4.98 Å². The Labute approximate surface area is 149 Å². The topological polar surface area (TPSA) is 77.8 Å². The molecule has 0 atom stereocenters. The Bertz CT molecular complexity index is 914. The molecule has 1 aromatic heterocycles. The van der Waals surface area contributed by atoms with Gasteiger partial charge in [0.1, 0.15) is 5.69 Å². The molecule has 0 bridgehead atoms. The molecule has 3 aromatic rings. The molecule has 0 spiro atoms. The lowest BCUT2D eigenvalue weighted by Crippen LogP contribution is -2.13. The minimum atomic E-state index is -0.317. The highest BCUT2D eigenvalue weighted by atomic mass is 35.5. The lowest BCUT2D eigenvalue weighted by Gasteiger charge is -2.08. The fourth-order valence-electron chi connectivity index (χ4n) is 2.13. The van der Waals surface area contributed by atoms with Crippen molar-refractivity contribution < 1.29 is 4.79 Å². The number of amides is 1. The van der Waals surface area contributed by atoms with Gasteiger partial charge in [-0.3, -0.25) is 4.79 Å². The largest absolute Gasteiger partial charge is 0.354 e. The molecule has 0 aliphatic heterocycles. The van der Waals surface area contributed by atoms with Crippen LogP contribution in [0.25, 0.3) is 0 Å². The molecule has 6 heteroatoms. The SMILES string of the molecule is N#Cc1ccc(NC(=O)c2ccc(Nc3ccc(Cl)cc3)cn2)cc1. The maximum Gasteiger partial charge on any atom is 0.274 e. The molecular weight excluding hydrogens is 336 g/mol. The first-order valence-corrected chi connectivity index (χ1v) is 7.82. The van der Waals surface area contributed by atoms with Gasteiger partial charge >= 0.3 is 0 Å². The second-order valence-corrected chi connectivity index (χ2v) is 5.64. The highest BCUT2D eigenvalue weighted by molar-refractivity contribution is 6.30. The molecule has 25 heavy (non-hydrogen) atoms. The Kier molecular flexibility index (Phi) is 4.93. The molecular formula is C19H13ClN4O. The number of nitriles is 1. The van der Waals surface area contributed by atoms with E-state index < -0.39 is 0 Å². The summed E-state index contributed by atoms with van der Waals surface area (Å²) < 4.78 is 0. The maximum absolute atomic E-state index is 12.2. The summed E-state index contributed by atoms with van der Waals surface area (Å²) in [6, 6.07) is 19.4. The van der Waals surface area contributed by atoms with Crippen LogP contribution in [0.4, 0.5) is 17.1 Å². The average Bonchev–Trinajstić information content (AvgIpc) is 2.65. The second-order valence-electron chi connectivity index (χ2n) is 5.21. The van der Waals surface area contributed by atoms with Gasteiger partial charge in [-0.2, -0.15) is 5.26 Å². The van der Waals surface area contributed by atoms with Crippen molar-refractivity contribution in [2.75, 3.05) is 10.6 Å². The molecule has 122 valence electrons. The molecule has 2 aromatic carbocycles. The summed E-state index contributed by atoms with van der Waals surface area (Å²) in [5, 5.41) is 15.4. The molecule has 2 N–H and O–H groups in total. The van der Waals surface area contributed by atoms with E-state index in [4.69, 9.17) is 16.9 Å². The number of hydrogen-bond acceptors (Lipinski definition) is 4. The van der Waals surface area contributed by atoms with Crippen LogP contribution in [0.15, 0.2) is 66.9 Å². The second kappa shape index (κ2) is 7.47. The maximum atomic E-state index is 12.2. The summed E-state index contributed by atoms with van der Waals surface area (Å²) >= 11 is 5.85. The third-order valence-electron chi connectivity index (χ3n) is 3.40. The Morgan fingerprint density at radius 1 is 0.920 bits per heavy atom. The first-order chi connectivity index (χ1) is 12.1. The molecule has 0 fully saturated rings. The van der Waals surface area contributed by atoms with E-state index in [9.17, 15) is 4.79 Å². The molecule has 5 nitrogen and oxygen atoms in total. The van der Waals surface area contributed by atoms with Gasteiger partial charge in [0.05, 0.1) is 23.5 Å². The van der Waals surface area contributed by atoms with Gasteiger partial charge in [-0.05, 0) is 60.7 Å². The summed E-state index contributed by atoms with van der Waals surface area (Å²) in [6.45, 7) is 0. The summed E-state index contributed by atoms with van der Waals surface area (Å²) in [7, 11) is 0. The molecule has 0 saturated heterocycles. The summed E-state index contributed by atoms with van der Waals surface area (Å²) in [5.41, 5.74) is 3.08. The number of nitrogens with one attached hydrogen (secondary N) is 2. The van der Waals surface area contributed by atoms with E-state index in [0.717, 1.165) is 11.4 Å². The number of benzene rings is 2. The fraction of sp³-hybridized carbons (Fsp3) is 0. The van der Waals surface area contributed by atoms with Crippen LogP contribution in [0.2, 0.25) is 5.02 Å². The van der Waals surface area contributed by atoms with Crippen LogP contribution in [0, 0.1) is 11.3 Å². The molecule has 0 aliphatic carbocycles. The quantitative estimate of drug-likeness (QED) is 0.722. The third-order valence-corrected chi connectivity index (χ3v) is 3.65. The van der Waals surface area contributed by atoms with Gasteiger partial charge in [-0.25, -0.2) is 4.98 Å². The van der Waals surface area contributed by atoms with E-state index >= 15 is 0 Å². The number of pyridine rings is 1. The number of anilines is 3. The summed E-state index contributed by atoms with van der Waals surface area (Å²) in [5.74, 6) is -0.317. The Balaban J connectivity index is 1.65. The zero-order valence-electron chi connectivity index (χ0n) is 13.0. The molecule has 0 unspecified atom stereocenters. The number of aromatic nitrogens is 1. The molecule has 0 radical (unpaired) electrons.